The maximum absolute atomic E-state index is 2.78. The number of fused-ring (bicyclic) bond motifs is 10. The number of anilines is 6. The van der Waals surface area contributed by atoms with E-state index in [0.29, 0.717) is 0 Å². The van der Waals surface area contributed by atoms with Crippen molar-refractivity contribution in [3.8, 4) is 0 Å². The molecular formula is C68H85BN2S. The third-order valence-electron chi connectivity index (χ3n) is 20.7. The topological polar surface area (TPSA) is 6.48 Å². The molecule has 3 heterocycles. The highest BCUT2D eigenvalue weighted by Gasteiger charge is 2.50. The molecule has 0 amide bonds. The Labute approximate surface area is 439 Å². The van der Waals surface area contributed by atoms with Gasteiger partial charge >= 0.3 is 0 Å². The summed E-state index contributed by atoms with van der Waals surface area (Å²) in [5, 5.41) is 2.86. The van der Waals surface area contributed by atoms with Crippen molar-refractivity contribution in [2.24, 2.45) is 0 Å². The van der Waals surface area contributed by atoms with E-state index in [4.69, 9.17) is 0 Å². The van der Waals surface area contributed by atoms with Gasteiger partial charge in [-0.15, -0.1) is 11.3 Å². The number of thiophene rings is 1. The summed E-state index contributed by atoms with van der Waals surface area (Å²) < 4.78 is 1.43. The molecule has 72 heavy (non-hydrogen) atoms. The van der Waals surface area contributed by atoms with Crippen molar-refractivity contribution in [2.45, 2.75) is 232 Å². The van der Waals surface area contributed by atoms with Gasteiger partial charge in [0.1, 0.15) is 0 Å². The van der Waals surface area contributed by atoms with Crippen LogP contribution in [0.25, 0.3) is 10.1 Å². The van der Waals surface area contributed by atoms with E-state index < -0.39 is 0 Å². The molecule has 0 saturated carbocycles. The highest BCUT2D eigenvalue weighted by Crippen LogP contribution is 2.57. The highest BCUT2D eigenvalue weighted by molar-refractivity contribution is 7.26. The summed E-state index contributed by atoms with van der Waals surface area (Å²) in [6, 6.07) is 31.5. The molecule has 0 spiro atoms. The van der Waals surface area contributed by atoms with E-state index >= 15 is 0 Å². The fourth-order valence-corrected chi connectivity index (χ4v) is 16.3. The molecule has 2 nitrogen and oxygen atoms in total. The second kappa shape index (κ2) is 14.8. The maximum Gasteiger partial charge on any atom is 0.254 e. The predicted molar refractivity (Wildman–Crippen MR) is 316 cm³/mol. The lowest BCUT2D eigenvalue weighted by Gasteiger charge is -2.48. The van der Waals surface area contributed by atoms with Crippen LogP contribution in [-0.4, -0.2) is 6.71 Å². The van der Waals surface area contributed by atoms with Crippen LogP contribution in [0.4, 0.5) is 33.4 Å². The lowest BCUT2D eigenvalue weighted by Crippen LogP contribution is -2.61. The SMILES string of the molecule is CC(C)(C)c1cc2c3c(c1)N(c1ccc4c(c1)C(C)(C)CCC4(C)C)c1sc4cc5c(cc4c1B3c1cc3c(cc1N2c1ccc2c(c1)C(C)(C)CCC2(C)C)C(C)(C)CCC3(C)C)C(C)(C)CCC5(C)C. The van der Waals surface area contributed by atoms with Crippen LogP contribution >= 0.6 is 11.3 Å². The fourth-order valence-electron chi connectivity index (χ4n) is 15.0. The normalized spacial score (nSPS) is 22.7. The zero-order valence-corrected chi connectivity index (χ0v) is 48.8. The van der Waals surface area contributed by atoms with E-state index in [-0.39, 0.29) is 55.4 Å². The van der Waals surface area contributed by atoms with Crippen LogP contribution in [0.3, 0.4) is 0 Å². The lowest BCUT2D eigenvalue weighted by molar-refractivity contribution is 0.332. The summed E-state index contributed by atoms with van der Waals surface area (Å²) in [6.45, 7) is 47.3. The molecular weight excluding hydrogens is 888 g/mol. The van der Waals surface area contributed by atoms with Gasteiger partial charge in [-0.3, -0.25) is 0 Å². The van der Waals surface area contributed by atoms with E-state index in [1.807, 2.05) is 0 Å². The van der Waals surface area contributed by atoms with Gasteiger partial charge < -0.3 is 9.80 Å². The van der Waals surface area contributed by atoms with Crippen LogP contribution in [-0.2, 0) is 48.7 Å². The lowest BCUT2D eigenvalue weighted by atomic mass is 9.33. The van der Waals surface area contributed by atoms with Gasteiger partial charge in [-0.25, -0.2) is 0 Å². The number of nitrogens with zero attached hydrogens (tertiary/aromatic N) is 2. The molecule has 12 rings (SSSR count). The molecule has 0 N–H and O–H groups in total. The maximum atomic E-state index is 2.78. The quantitative estimate of drug-likeness (QED) is 0.159. The smallest absolute Gasteiger partial charge is 0.254 e. The van der Waals surface area contributed by atoms with Crippen molar-refractivity contribution >= 4 is 78.0 Å². The van der Waals surface area contributed by atoms with Crippen molar-refractivity contribution in [3.05, 3.63) is 123 Å². The molecule has 1 aromatic heterocycles. The standard InChI is InChI=1S/C68H85BN2S/c1-60(2,3)40-32-54-58-55(33-40)71(42-21-23-45-47(35-42)64(10,11)27-25-62(45,6)7)59-57(43-36-48-51(39-56(43)72-59)68(18,19)31-28-65(48,12)13)69(58)52-37-49-50(67(16,17)30-29-66(49,14)15)38-53(52)70(54)41-20-22-44-46(34-41)63(8,9)26-24-61(44,4)5/h20-23,32-39H,24-31H2,1-19H3. The van der Waals surface area contributed by atoms with Crippen LogP contribution in [0.2, 0.25) is 0 Å². The van der Waals surface area contributed by atoms with Crippen LogP contribution in [0.5, 0.6) is 0 Å². The summed E-state index contributed by atoms with van der Waals surface area (Å²) in [5.41, 5.74) is 25.4. The van der Waals surface area contributed by atoms with Crippen molar-refractivity contribution in [1.29, 1.82) is 0 Å². The number of benzene rings is 5. The van der Waals surface area contributed by atoms with Gasteiger partial charge in [0.25, 0.3) is 6.71 Å². The van der Waals surface area contributed by atoms with E-state index in [1.165, 1.54) is 145 Å². The van der Waals surface area contributed by atoms with Gasteiger partial charge in [-0.2, -0.15) is 0 Å². The summed E-state index contributed by atoms with van der Waals surface area (Å²) in [7, 11) is 0. The predicted octanol–water partition coefficient (Wildman–Crippen LogP) is 17.7. The van der Waals surface area contributed by atoms with Gasteiger partial charge in [0, 0.05) is 33.1 Å². The Hall–Kier alpha value is -4.28. The Morgan fingerprint density at radius 2 is 0.764 bits per heavy atom. The minimum atomic E-state index is -0.0963. The molecule has 4 heteroatoms. The second-order valence-electron chi connectivity index (χ2n) is 30.5. The van der Waals surface area contributed by atoms with Gasteiger partial charge in [-0.05, 0) is 227 Å². The number of hydrogen-bond donors (Lipinski definition) is 0. The van der Waals surface area contributed by atoms with Crippen molar-refractivity contribution in [2.75, 3.05) is 9.80 Å². The monoisotopic (exact) mass is 973 g/mol. The second-order valence-corrected chi connectivity index (χ2v) is 31.5. The molecule has 0 unspecified atom stereocenters. The Morgan fingerprint density at radius 3 is 1.22 bits per heavy atom. The third kappa shape index (κ3) is 6.90. The first kappa shape index (κ1) is 48.7. The van der Waals surface area contributed by atoms with E-state index in [1.54, 1.807) is 16.7 Å². The molecule has 0 bridgehead atoms. The Bertz CT molecular complexity index is 3320. The van der Waals surface area contributed by atoms with E-state index in [2.05, 4.69) is 225 Å². The van der Waals surface area contributed by atoms with Crippen LogP contribution in [0.1, 0.15) is 233 Å². The molecule has 4 aliphatic carbocycles. The zero-order chi connectivity index (χ0) is 51.6. The Balaban J connectivity index is 1.25. The van der Waals surface area contributed by atoms with E-state index in [0.717, 1.165) is 0 Å². The van der Waals surface area contributed by atoms with Gasteiger partial charge in [-0.1, -0.05) is 150 Å². The van der Waals surface area contributed by atoms with Crippen LogP contribution in [0, 0.1) is 0 Å². The average Bonchev–Trinajstić information content (AvgIpc) is 3.67. The van der Waals surface area contributed by atoms with Crippen molar-refractivity contribution in [3.63, 3.8) is 0 Å². The van der Waals surface area contributed by atoms with Crippen LogP contribution < -0.4 is 26.2 Å². The number of rotatable bonds is 2. The summed E-state index contributed by atoms with van der Waals surface area (Å²) in [4.78, 5) is 5.56. The molecule has 0 fully saturated rings. The first-order valence-electron chi connectivity index (χ1n) is 28.1. The largest absolute Gasteiger partial charge is 0.311 e. The minimum absolute atomic E-state index is 0.0557. The number of hydrogen-bond acceptors (Lipinski definition) is 3. The summed E-state index contributed by atoms with van der Waals surface area (Å²) in [6.07, 6.45) is 9.59. The zero-order valence-electron chi connectivity index (χ0n) is 48.0. The highest BCUT2D eigenvalue weighted by atomic mass is 32.1. The average molecular weight is 973 g/mol. The van der Waals surface area contributed by atoms with Gasteiger partial charge in [0.15, 0.2) is 0 Å². The van der Waals surface area contributed by atoms with Gasteiger partial charge in [0.05, 0.1) is 5.00 Å². The van der Waals surface area contributed by atoms with Crippen molar-refractivity contribution in [1.82, 2.24) is 0 Å². The Morgan fingerprint density at radius 1 is 0.389 bits per heavy atom. The van der Waals surface area contributed by atoms with Crippen molar-refractivity contribution < 1.29 is 0 Å². The van der Waals surface area contributed by atoms with Gasteiger partial charge in [0.2, 0.25) is 0 Å². The summed E-state index contributed by atoms with van der Waals surface area (Å²) in [5.74, 6) is 0. The minimum Gasteiger partial charge on any atom is -0.311 e. The molecule has 376 valence electrons. The fraction of sp³-hybridized carbons (Fsp3) is 0.529. The Kier molecular flexibility index (Phi) is 9.98. The summed E-state index contributed by atoms with van der Waals surface area (Å²) >= 11 is 2.07. The third-order valence-corrected chi connectivity index (χ3v) is 21.8. The first-order valence-corrected chi connectivity index (χ1v) is 29.0. The molecule has 0 atom stereocenters. The molecule has 0 radical (unpaired) electrons. The van der Waals surface area contributed by atoms with Crippen LogP contribution in [0.15, 0.2) is 72.8 Å². The first-order chi connectivity index (χ1) is 33.2. The molecule has 5 aromatic carbocycles. The molecule has 2 aliphatic heterocycles. The molecule has 6 aromatic rings. The molecule has 6 aliphatic rings. The molecule has 0 saturated heterocycles. The van der Waals surface area contributed by atoms with E-state index in [9.17, 15) is 0 Å².